The van der Waals surface area contributed by atoms with Crippen LogP contribution in [-0.2, 0) is 11.2 Å². The number of hydrogen-bond acceptors (Lipinski definition) is 3. The summed E-state index contributed by atoms with van der Waals surface area (Å²) in [6.07, 6.45) is 2.71. The lowest BCUT2D eigenvalue weighted by Crippen LogP contribution is -2.08. The maximum Gasteiger partial charge on any atom is 0.193 e. The summed E-state index contributed by atoms with van der Waals surface area (Å²) >= 11 is 1.32. The standard InChI is InChI=1S/C12H14O2S/c1-2-12(13)15-10-5-6-11-9(8-10)4-3-7-14-11/h5-6,8H,2-4,7H2,1H3. The summed E-state index contributed by atoms with van der Waals surface area (Å²) in [4.78, 5) is 12.3. The minimum absolute atomic E-state index is 0.215. The summed E-state index contributed by atoms with van der Waals surface area (Å²) in [5, 5.41) is 0.215. The Morgan fingerprint density at radius 3 is 3.20 bits per heavy atom. The second-order valence-electron chi connectivity index (χ2n) is 3.55. The van der Waals surface area contributed by atoms with Crippen molar-refractivity contribution in [1.29, 1.82) is 0 Å². The molecule has 0 radical (unpaired) electrons. The average Bonchev–Trinajstić information content (AvgIpc) is 2.29. The van der Waals surface area contributed by atoms with E-state index in [9.17, 15) is 4.79 Å². The van der Waals surface area contributed by atoms with E-state index in [0.29, 0.717) is 6.42 Å². The molecule has 0 aliphatic carbocycles. The van der Waals surface area contributed by atoms with Crippen LogP contribution in [0.25, 0.3) is 0 Å². The first-order valence-electron chi connectivity index (χ1n) is 5.26. The van der Waals surface area contributed by atoms with Gasteiger partial charge in [-0.1, -0.05) is 18.7 Å². The van der Waals surface area contributed by atoms with Crippen LogP contribution in [0, 0.1) is 0 Å². The Morgan fingerprint density at radius 2 is 2.40 bits per heavy atom. The fourth-order valence-electron chi connectivity index (χ4n) is 1.60. The monoisotopic (exact) mass is 222 g/mol. The molecule has 2 nitrogen and oxygen atoms in total. The molecule has 0 spiro atoms. The van der Waals surface area contributed by atoms with Crippen LogP contribution in [0.3, 0.4) is 0 Å². The molecule has 0 atom stereocenters. The van der Waals surface area contributed by atoms with Gasteiger partial charge in [-0.05, 0) is 36.6 Å². The number of rotatable bonds is 2. The molecule has 0 bridgehead atoms. The summed E-state index contributed by atoms with van der Waals surface area (Å²) < 4.78 is 5.52. The van der Waals surface area contributed by atoms with Gasteiger partial charge in [0.2, 0.25) is 0 Å². The van der Waals surface area contributed by atoms with Gasteiger partial charge < -0.3 is 4.74 Å². The summed E-state index contributed by atoms with van der Waals surface area (Å²) in [6, 6.07) is 6.01. The Morgan fingerprint density at radius 1 is 1.53 bits per heavy atom. The molecule has 1 heterocycles. The van der Waals surface area contributed by atoms with Crippen LogP contribution in [0.15, 0.2) is 23.1 Å². The lowest BCUT2D eigenvalue weighted by Gasteiger charge is -2.17. The highest BCUT2D eigenvalue weighted by Crippen LogP contribution is 2.30. The van der Waals surface area contributed by atoms with Crippen molar-refractivity contribution in [2.24, 2.45) is 0 Å². The van der Waals surface area contributed by atoms with Gasteiger partial charge in [-0.25, -0.2) is 0 Å². The first-order valence-corrected chi connectivity index (χ1v) is 6.07. The number of hydrogen-bond donors (Lipinski definition) is 0. The Hall–Kier alpha value is -0.960. The van der Waals surface area contributed by atoms with Crippen molar-refractivity contribution in [2.45, 2.75) is 31.1 Å². The third-order valence-corrected chi connectivity index (χ3v) is 3.41. The fourth-order valence-corrected chi connectivity index (χ4v) is 2.35. The minimum Gasteiger partial charge on any atom is -0.493 e. The zero-order valence-corrected chi connectivity index (χ0v) is 9.60. The molecule has 0 aromatic heterocycles. The molecule has 15 heavy (non-hydrogen) atoms. The molecular weight excluding hydrogens is 208 g/mol. The lowest BCUT2D eigenvalue weighted by molar-refractivity contribution is -0.110. The maximum absolute atomic E-state index is 11.3. The first kappa shape index (κ1) is 10.6. The maximum atomic E-state index is 11.3. The van der Waals surface area contributed by atoms with Crippen LogP contribution in [0.4, 0.5) is 0 Å². The quantitative estimate of drug-likeness (QED) is 0.719. The molecule has 0 saturated heterocycles. The van der Waals surface area contributed by atoms with Crippen LogP contribution in [-0.4, -0.2) is 11.7 Å². The predicted molar refractivity (Wildman–Crippen MR) is 61.4 cm³/mol. The molecule has 0 unspecified atom stereocenters. The van der Waals surface area contributed by atoms with Gasteiger partial charge in [0, 0.05) is 11.3 Å². The topological polar surface area (TPSA) is 26.3 Å². The van der Waals surface area contributed by atoms with E-state index in [0.717, 1.165) is 30.1 Å². The van der Waals surface area contributed by atoms with Crippen LogP contribution in [0.5, 0.6) is 5.75 Å². The van der Waals surface area contributed by atoms with Gasteiger partial charge in [0.05, 0.1) is 6.61 Å². The Labute approximate surface area is 94.0 Å². The minimum atomic E-state index is 0.215. The van der Waals surface area contributed by atoms with Gasteiger partial charge in [-0.3, -0.25) is 4.79 Å². The average molecular weight is 222 g/mol. The van der Waals surface area contributed by atoms with Gasteiger partial charge in [0.1, 0.15) is 5.75 Å². The van der Waals surface area contributed by atoms with Crippen molar-refractivity contribution in [2.75, 3.05) is 6.61 Å². The van der Waals surface area contributed by atoms with E-state index < -0.39 is 0 Å². The highest BCUT2D eigenvalue weighted by atomic mass is 32.2. The van der Waals surface area contributed by atoms with E-state index in [4.69, 9.17) is 4.74 Å². The molecule has 1 aliphatic heterocycles. The zero-order valence-electron chi connectivity index (χ0n) is 8.79. The summed E-state index contributed by atoms with van der Waals surface area (Å²) in [6.45, 7) is 2.70. The van der Waals surface area contributed by atoms with Gasteiger partial charge in [0.25, 0.3) is 0 Å². The summed E-state index contributed by atoms with van der Waals surface area (Å²) in [5.74, 6) is 0.981. The number of benzene rings is 1. The Bertz CT molecular complexity index is 374. The van der Waals surface area contributed by atoms with Crippen molar-refractivity contribution in [3.05, 3.63) is 23.8 Å². The number of carbonyl (C=O) groups is 1. The highest BCUT2D eigenvalue weighted by molar-refractivity contribution is 8.13. The number of aryl methyl sites for hydroxylation is 1. The predicted octanol–water partition coefficient (Wildman–Crippen LogP) is 3.04. The molecule has 1 aliphatic rings. The van der Waals surface area contributed by atoms with Crippen molar-refractivity contribution >= 4 is 16.9 Å². The molecule has 0 fully saturated rings. The summed E-state index contributed by atoms with van der Waals surface area (Å²) in [7, 11) is 0. The molecule has 2 rings (SSSR count). The van der Waals surface area contributed by atoms with Crippen molar-refractivity contribution in [1.82, 2.24) is 0 Å². The third-order valence-electron chi connectivity index (χ3n) is 2.40. The lowest BCUT2D eigenvalue weighted by atomic mass is 10.1. The van der Waals surface area contributed by atoms with Crippen molar-refractivity contribution in [3.63, 3.8) is 0 Å². The zero-order chi connectivity index (χ0) is 10.7. The van der Waals surface area contributed by atoms with Crippen LogP contribution in [0.2, 0.25) is 0 Å². The normalized spacial score (nSPS) is 14.2. The highest BCUT2D eigenvalue weighted by Gasteiger charge is 2.11. The Balaban J connectivity index is 2.17. The third kappa shape index (κ3) is 2.53. The van der Waals surface area contributed by atoms with Gasteiger partial charge in [0.15, 0.2) is 5.12 Å². The SMILES string of the molecule is CCC(=O)Sc1ccc2c(c1)CCCO2. The van der Waals surface area contributed by atoms with Gasteiger partial charge in [-0.15, -0.1) is 0 Å². The van der Waals surface area contributed by atoms with Gasteiger partial charge in [-0.2, -0.15) is 0 Å². The van der Waals surface area contributed by atoms with E-state index in [2.05, 4.69) is 6.07 Å². The number of thioether (sulfide) groups is 1. The smallest absolute Gasteiger partial charge is 0.193 e. The Kier molecular flexibility index (Phi) is 3.31. The fraction of sp³-hybridized carbons (Fsp3) is 0.417. The molecule has 0 N–H and O–H groups in total. The summed E-state index contributed by atoms with van der Waals surface area (Å²) in [5.41, 5.74) is 1.23. The number of fused-ring (bicyclic) bond motifs is 1. The van der Waals surface area contributed by atoms with Gasteiger partial charge >= 0.3 is 0 Å². The molecule has 80 valence electrons. The number of carbonyl (C=O) groups excluding carboxylic acids is 1. The first-order chi connectivity index (χ1) is 7.29. The van der Waals surface area contributed by atoms with E-state index in [1.54, 1.807) is 0 Å². The van der Waals surface area contributed by atoms with E-state index in [1.807, 2.05) is 19.1 Å². The molecular formula is C12H14O2S. The largest absolute Gasteiger partial charge is 0.493 e. The molecule has 0 saturated carbocycles. The van der Waals surface area contributed by atoms with Crippen LogP contribution in [0.1, 0.15) is 25.3 Å². The van der Waals surface area contributed by atoms with Crippen molar-refractivity contribution in [3.8, 4) is 5.75 Å². The molecule has 1 aromatic rings. The molecule has 3 heteroatoms. The van der Waals surface area contributed by atoms with E-state index in [-0.39, 0.29) is 5.12 Å². The second-order valence-corrected chi connectivity index (χ2v) is 4.68. The molecule has 1 aromatic carbocycles. The number of ether oxygens (including phenoxy) is 1. The second kappa shape index (κ2) is 4.71. The van der Waals surface area contributed by atoms with E-state index >= 15 is 0 Å². The van der Waals surface area contributed by atoms with Crippen LogP contribution >= 0.6 is 11.8 Å². The van der Waals surface area contributed by atoms with E-state index in [1.165, 1.54) is 17.3 Å². The molecule has 0 amide bonds. The van der Waals surface area contributed by atoms with Crippen LogP contribution < -0.4 is 4.74 Å². The van der Waals surface area contributed by atoms with Crippen molar-refractivity contribution < 1.29 is 9.53 Å².